The van der Waals surface area contributed by atoms with Crippen LogP contribution in [-0.2, 0) is 6.42 Å². The fourth-order valence-electron chi connectivity index (χ4n) is 6.54. The Balaban J connectivity index is 1.78. The van der Waals surface area contributed by atoms with E-state index in [0.717, 1.165) is 23.7 Å². The molecule has 0 bridgehead atoms. The second kappa shape index (κ2) is 4.86. The van der Waals surface area contributed by atoms with E-state index < -0.39 is 0 Å². The standard InChI is InChI=1S/C22H32/c1-13-12-17-7-8-18-19(21(17)16(4)15(13)3)10-11-22(5)14(2)6-9-20(18)22/h12,14,18-20H,6-11H2,1-5H3/t14?,18-,19+,20+,22-/m1/s1. The van der Waals surface area contributed by atoms with Gasteiger partial charge in [-0.05, 0) is 116 Å². The molecule has 1 unspecified atom stereocenters. The summed E-state index contributed by atoms with van der Waals surface area (Å²) in [6, 6.07) is 2.51. The molecule has 0 heteroatoms. The Bertz CT molecular complexity index is 611. The molecular weight excluding hydrogens is 264 g/mol. The molecule has 0 radical (unpaired) electrons. The van der Waals surface area contributed by atoms with Crippen molar-refractivity contribution < 1.29 is 0 Å². The van der Waals surface area contributed by atoms with Gasteiger partial charge in [0.15, 0.2) is 0 Å². The van der Waals surface area contributed by atoms with Crippen LogP contribution < -0.4 is 0 Å². The molecule has 2 fully saturated rings. The van der Waals surface area contributed by atoms with Crippen LogP contribution in [-0.4, -0.2) is 0 Å². The molecule has 0 aromatic heterocycles. The molecular formula is C22H32. The van der Waals surface area contributed by atoms with E-state index in [0.29, 0.717) is 5.41 Å². The summed E-state index contributed by atoms with van der Waals surface area (Å²) >= 11 is 0. The minimum absolute atomic E-state index is 0.645. The molecule has 0 spiro atoms. The third kappa shape index (κ3) is 1.82. The van der Waals surface area contributed by atoms with Gasteiger partial charge in [0.25, 0.3) is 0 Å². The van der Waals surface area contributed by atoms with Crippen molar-refractivity contribution in [2.45, 2.75) is 79.1 Å². The van der Waals surface area contributed by atoms with Crippen molar-refractivity contribution in [3.63, 3.8) is 0 Å². The number of benzene rings is 1. The Morgan fingerprint density at radius 2 is 1.77 bits per heavy atom. The van der Waals surface area contributed by atoms with Gasteiger partial charge in [0, 0.05) is 0 Å². The second-order valence-corrected chi connectivity index (χ2v) is 8.95. The summed E-state index contributed by atoms with van der Waals surface area (Å²) < 4.78 is 0. The fraction of sp³-hybridized carbons (Fsp3) is 0.727. The van der Waals surface area contributed by atoms with Crippen LogP contribution >= 0.6 is 0 Å². The lowest BCUT2D eigenvalue weighted by atomic mass is 9.54. The van der Waals surface area contributed by atoms with Gasteiger partial charge in [0.05, 0.1) is 0 Å². The summed E-state index contributed by atoms with van der Waals surface area (Å²) in [7, 11) is 0. The highest BCUT2D eigenvalue weighted by Crippen LogP contribution is 2.63. The van der Waals surface area contributed by atoms with Crippen molar-refractivity contribution in [2.24, 2.45) is 23.2 Å². The van der Waals surface area contributed by atoms with Gasteiger partial charge in [-0.2, -0.15) is 0 Å². The Morgan fingerprint density at radius 3 is 2.55 bits per heavy atom. The number of hydrogen-bond acceptors (Lipinski definition) is 0. The molecule has 0 saturated heterocycles. The summed E-state index contributed by atoms with van der Waals surface area (Å²) in [5, 5.41) is 0. The van der Waals surface area contributed by atoms with Crippen LogP contribution in [0.1, 0.15) is 79.7 Å². The maximum absolute atomic E-state index is 2.62. The van der Waals surface area contributed by atoms with Gasteiger partial charge in [-0.3, -0.25) is 0 Å². The van der Waals surface area contributed by atoms with E-state index in [1.165, 1.54) is 44.1 Å². The van der Waals surface area contributed by atoms with Crippen LogP contribution in [0.5, 0.6) is 0 Å². The lowest BCUT2D eigenvalue weighted by molar-refractivity contribution is 0.0334. The minimum Gasteiger partial charge on any atom is -0.0620 e. The zero-order chi connectivity index (χ0) is 15.6. The van der Waals surface area contributed by atoms with Crippen molar-refractivity contribution in [3.05, 3.63) is 33.9 Å². The Hall–Kier alpha value is -0.780. The maximum Gasteiger partial charge on any atom is -0.0125 e. The molecule has 3 aliphatic rings. The Morgan fingerprint density at radius 1 is 1.00 bits per heavy atom. The monoisotopic (exact) mass is 296 g/mol. The molecule has 0 aliphatic heterocycles. The first-order valence-corrected chi connectivity index (χ1v) is 9.53. The van der Waals surface area contributed by atoms with E-state index in [1.807, 2.05) is 0 Å². The van der Waals surface area contributed by atoms with Crippen LogP contribution in [0.15, 0.2) is 6.07 Å². The first kappa shape index (κ1) is 14.8. The van der Waals surface area contributed by atoms with E-state index in [-0.39, 0.29) is 0 Å². The van der Waals surface area contributed by atoms with Crippen LogP contribution in [0.4, 0.5) is 0 Å². The zero-order valence-corrected chi connectivity index (χ0v) is 15.1. The minimum atomic E-state index is 0.645. The molecule has 0 heterocycles. The van der Waals surface area contributed by atoms with E-state index in [1.54, 1.807) is 22.3 Å². The predicted molar refractivity (Wildman–Crippen MR) is 94.4 cm³/mol. The first-order valence-electron chi connectivity index (χ1n) is 9.53. The molecule has 1 aromatic carbocycles. The highest BCUT2D eigenvalue weighted by molar-refractivity contribution is 5.48. The van der Waals surface area contributed by atoms with Crippen molar-refractivity contribution in [1.29, 1.82) is 0 Å². The smallest absolute Gasteiger partial charge is 0.0125 e. The third-order valence-electron chi connectivity index (χ3n) is 8.32. The SMILES string of the molecule is Cc1cc2c(c(C)c1C)[C@H]1CC[C@]3(C)C(C)CC[C@H]3[C@@H]1CC2. The quantitative estimate of drug-likeness (QED) is 0.542. The first-order chi connectivity index (χ1) is 10.4. The molecule has 120 valence electrons. The summed E-state index contributed by atoms with van der Waals surface area (Å²) in [6.07, 6.45) is 8.66. The Labute approximate surface area is 136 Å². The van der Waals surface area contributed by atoms with Gasteiger partial charge in [-0.15, -0.1) is 0 Å². The number of hydrogen-bond donors (Lipinski definition) is 0. The lowest BCUT2D eigenvalue weighted by Gasteiger charge is -2.51. The van der Waals surface area contributed by atoms with Crippen molar-refractivity contribution in [2.75, 3.05) is 0 Å². The van der Waals surface area contributed by atoms with Gasteiger partial charge in [-0.25, -0.2) is 0 Å². The molecule has 3 aliphatic carbocycles. The van der Waals surface area contributed by atoms with Crippen LogP contribution in [0.25, 0.3) is 0 Å². The van der Waals surface area contributed by atoms with Gasteiger partial charge in [0.1, 0.15) is 0 Å². The highest BCUT2D eigenvalue weighted by atomic mass is 14.6. The summed E-state index contributed by atoms with van der Waals surface area (Å²) in [4.78, 5) is 0. The van der Waals surface area contributed by atoms with Gasteiger partial charge >= 0.3 is 0 Å². The summed E-state index contributed by atoms with van der Waals surface area (Å²) in [5.74, 6) is 3.78. The largest absolute Gasteiger partial charge is 0.0620 e. The van der Waals surface area contributed by atoms with E-state index >= 15 is 0 Å². The summed E-state index contributed by atoms with van der Waals surface area (Å²) in [6.45, 7) is 12.2. The van der Waals surface area contributed by atoms with Crippen molar-refractivity contribution >= 4 is 0 Å². The number of fused-ring (bicyclic) bond motifs is 5. The average Bonchev–Trinajstić information content (AvgIpc) is 2.80. The van der Waals surface area contributed by atoms with Gasteiger partial charge in [0.2, 0.25) is 0 Å². The molecule has 5 atom stereocenters. The fourth-order valence-corrected chi connectivity index (χ4v) is 6.54. The lowest BCUT2D eigenvalue weighted by Crippen LogP contribution is -2.42. The third-order valence-corrected chi connectivity index (χ3v) is 8.32. The highest BCUT2D eigenvalue weighted by Gasteiger charge is 2.53. The van der Waals surface area contributed by atoms with Gasteiger partial charge < -0.3 is 0 Å². The average molecular weight is 296 g/mol. The molecule has 0 N–H and O–H groups in total. The van der Waals surface area contributed by atoms with Crippen LogP contribution in [0.3, 0.4) is 0 Å². The van der Waals surface area contributed by atoms with E-state index in [9.17, 15) is 0 Å². The van der Waals surface area contributed by atoms with E-state index in [4.69, 9.17) is 0 Å². The molecule has 22 heavy (non-hydrogen) atoms. The molecule has 0 amide bonds. The van der Waals surface area contributed by atoms with E-state index in [2.05, 4.69) is 40.7 Å². The van der Waals surface area contributed by atoms with Crippen LogP contribution in [0, 0.1) is 43.9 Å². The number of aryl methyl sites for hydroxylation is 2. The molecule has 4 rings (SSSR count). The zero-order valence-electron chi connectivity index (χ0n) is 15.1. The summed E-state index contributed by atoms with van der Waals surface area (Å²) in [5.41, 5.74) is 8.79. The maximum atomic E-state index is 2.62. The number of rotatable bonds is 0. The topological polar surface area (TPSA) is 0 Å². The Kier molecular flexibility index (Phi) is 3.26. The van der Waals surface area contributed by atoms with Crippen molar-refractivity contribution in [3.8, 4) is 0 Å². The predicted octanol–water partition coefficient (Wildman–Crippen LogP) is 6.10. The normalized spacial score (nSPS) is 40.0. The van der Waals surface area contributed by atoms with Gasteiger partial charge in [-0.1, -0.05) is 19.9 Å². The second-order valence-electron chi connectivity index (χ2n) is 8.95. The van der Waals surface area contributed by atoms with Crippen molar-refractivity contribution in [1.82, 2.24) is 0 Å². The molecule has 1 aromatic rings. The van der Waals surface area contributed by atoms with Crippen LogP contribution in [0.2, 0.25) is 0 Å². The molecule has 2 saturated carbocycles. The molecule has 0 nitrogen and oxygen atoms in total.